The summed E-state index contributed by atoms with van der Waals surface area (Å²) in [5.41, 5.74) is 5.30. The highest BCUT2D eigenvalue weighted by Gasteiger charge is 2.13. The molecule has 0 aliphatic carbocycles. The number of imidazole rings is 1. The van der Waals surface area contributed by atoms with Crippen molar-refractivity contribution in [3.05, 3.63) is 12.4 Å². The van der Waals surface area contributed by atoms with Crippen molar-refractivity contribution in [3.8, 4) is 0 Å². The Morgan fingerprint density at radius 3 is 3.12 bits per heavy atom. The fraction of sp³-hybridized carbons (Fsp3) is 0.600. The maximum Gasteiger partial charge on any atom is 0.234 e. The van der Waals surface area contributed by atoms with E-state index in [0.717, 1.165) is 30.3 Å². The summed E-state index contributed by atoms with van der Waals surface area (Å²) in [7, 11) is 0. The molecule has 0 bridgehead atoms. The third-order valence-corrected chi connectivity index (χ3v) is 3.04. The molecule has 6 heteroatoms. The van der Waals surface area contributed by atoms with E-state index in [9.17, 15) is 4.79 Å². The Morgan fingerprint density at radius 2 is 2.56 bits per heavy atom. The molecule has 1 atom stereocenters. The van der Waals surface area contributed by atoms with Crippen LogP contribution in [0.15, 0.2) is 17.6 Å². The molecule has 1 amide bonds. The van der Waals surface area contributed by atoms with Crippen LogP contribution in [0.1, 0.15) is 19.8 Å². The van der Waals surface area contributed by atoms with Crippen LogP contribution in [0, 0.1) is 0 Å². The number of aromatic amines is 1. The lowest BCUT2D eigenvalue weighted by molar-refractivity contribution is -0.120. The first-order chi connectivity index (χ1) is 7.74. The zero-order chi connectivity index (χ0) is 11.8. The van der Waals surface area contributed by atoms with Gasteiger partial charge in [0, 0.05) is 18.1 Å². The zero-order valence-electron chi connectivity index (χ0n) is 9.40. The van der Waals surface area contributed by atoms with Crippen molar-refractivity contribution < 1.29 is 4.79 Å². The van der Waals surface area contributed by atoms with E-state index in [0.29, 0.717) is 0 Å². The van der Waals surface area contributed by atoms with Gasteiger partial charge >= 0.3 is 0 Å². The SMILES string of the molecule is CCCNC(CCSc1ncc[nH]1)C(N)=O. The number of hydrogen-bond donors (Lipinski definition) is 3. The molecular formula is C10H18N4OS. The second-order valence-electron chi connectivity index (χ2n) is 3.44. The summed E-state index contributed by atoms with van der Waals surface area (Å²) >= 11 is 1.59. The van der Waals surface area contributed by atoms with Crippen LogP contribution in [0.5, 0.6) is 0 Å². The maximum absolute atomic E-state index is 11.1. The van der Waals surface area contributed by atoms with Crippen molar-refractivity contribution in [3.63, 3.8) is 0 Å². The van der Waals surface area contributed by atoms with Gasteiger partial charge in [-0.25, -0.2) is 4.98 Å². The van der Waals surface area contributed by atoms with Gasteiger partial charge in [0.05, 0.1) is 6.04 Å². The molecule has 4 N–H and O–H groups in total. The van der Waals surface area contributed by atoms with Gasteiger partial charge in [-0.3, -0.25) is 4.79 Å². The molecule has 1 aromatic rings. The Morgan fingerprint density at radius 1 is 1.75 bits per heavy atom. The van der Waals surface area contributed by atoms with Crippen LogP contribution in [0.4, 0.5) is 0 Å². The number of nitrogens with one attached hydrogen (secondary N) is 2. The van der Waals surface area contributed by atoms with Gasteiger partial charge < -0.3 is 16.0 Å². The molecular weight excluding hydrogens is 224 g/mol. The first-order valence-corrected chi connectivity index (χ1v) is 6.37. The van der Waals surface area contributed by atoms with E-state index in [1.807, 2.05) is 0 Å². The maximum atomic E-state index is 11.1. The minimum absolute atomic E-state index is 0.234. The van der Waals surface area contributed by atoms with Crippen molar-refractivity contribution in [2.45, 2.75) is 31.0 Å². The Labute approximate surface area is 99.6 Å². The molecule has 1 heterocycles. The number of carbonyl (C=O) groups is 1. The molecule has 0 saturated carbocycles. The Kier molecular flexibility index (Phi) is 5.95. The van der Waals surface area contributed by atoms with Gasteiger partial charge in [-0.05, 0) is 19.4 Å². The van der Waals surface area contributed by atoms with Gasteiger partial charge in [0.25, 0.3) is 0 Å². The Balaban J connectivity index is 2.24. The number of nitrogens with zero attached hydrogens (tertiary/aromatic N) is 1. The average Bonchev–Trinajstić information content (AvgIpc) is 2.75. The molecule has 0 aliphatic rings. The molecule has 0 fully saturated rings. The van der Waals surface area contributed by atoms with Crippen LogP contribution >= 0.6 is 11.8 Å². The minimum Gasteiger partial charge on any atom is -0.368 e. The number of hydrogen-bond acceptors (Lipinski definition) is 4. The van der Waals surface area contributed by atoms with E-state index in [1.54, 1.807) is 24.2 Å². The molecule has 1 unspecified atom stereocenters. The lowest BCUT2D eigenvalue weighted by atomic mass is 10.2. The summed E-state index contributed by atoms with van der Waals surface area (Å²) in [6.07, 6.45) is 5.21. The van der Waals surface area contributed by atoms with Gasteiger partial charge in [0.2, 0.25) is 5.91 Å². The predicted molar refractivity (Wildman–Crippen MR) is 65.2 cm³/mol. The average molecular weight is 242 g/mol. The summed E-state index contributed by atoms with van der Waals surface area (Å²) in [4.78, 5) is 18.2. The normalized spacial score (nSPS) is 12.6. The van der Waals surface area contributed by atoms with E-state index >= 15 is 0 Å². The quantitative estimate of drug-likeness (QED) is 0.587. The highest BCUT2D eigenvalue weighted by molar-refractivity contribution is 7.99. The van der Waals surface area contributed by atoms with Crippen molar-refractivity contribution in [2.75, 3.05) is 12.3 Å². The molecule has 0 aromatic carbocycles. The lowest BCUT2D eigenvalue weighted by Crippen LogP contribution is -2.41. The van der Waals surface area contributed by atoms with Crippen molar-refractivity contribution in [2.24, 2.45) is 5.73 Å². The molecule has 0 radical (unpaired) electrons. The Hall–Kier alpha value is -1.01. The molecule has 1 aromatic heterocycles. The fourth-order valence-electron chi connectivity index (χ4n) is 1.27. The van der Waals surface area contributed by atoms with E-state index in [1.165, 1.54) is 0 Å². The molecule has 16 heavy (non-hydrogen) atoms. The second kappa shape index (κ2) is 7.29. The van der Waals surface area contributed by atoms with Crippen LogP contribution in [0.3, 0.4) is 0 Å². The van der Waals surface area contributed by atoms with Crippen molar-refractivity contribution >= 4 is 17.7 Å². The summed E-state index contributed by atoms with van der Waals surface area (Å²) in [5, 5.41) is 4.00. The number of aromatic nitrogens is 2. The summed E-state index contributed by atoms with van der Waals surface area (Å²) in [6.45, 7) is 2.88. The number of nitrogens with two attached hydrogens (primary N) is 1. The Bertz CT molecular complexity index is 302. The van der Waals surface area contributed by atoms with E-state index in [2.05, 4.69) is 22.2 Å². The number of primary amides is 1. The molecule has 0 saturated heterocycles. The molecule has 5 nitrogen and oxygen atoms in total. The number of H-pyrrole nitrogens is 1. The van der Waals surface area contributed by atoms with Gasteiger partial charge in [-0.1, -0.05) is 18.7 Å². The zero-order valence-corrected chi connectivity index (χ0v) is 10.2. The van der Waals surface area contributed by atoms with Gasteiger partial charge in [-0.15, -0.1) is 0 Å². The number of amides is 1. The molecule has 90 valence electrons. The topological polar surface area (TPSA) is 83.8 Å². The van der Waals surface area contributed by atoms with Crippen LogP contribution in [0.25, 0.3) is 0 Å². The number of carbonyl (C=O) groups excluding carboxylic acids is 1. The summed E-state index contributed by atoms with van der Waals surface area (Å²) < 4.78 is 0. The van der Waals surface area contributed by atoms with Gasteiger partial charge in [0.1, 0.15) is 0 Å². The first-order valence-electron chi connectivity index (χ1n) is 5.39. The fourth-order valence-corrected chi connectivity index (χ4v) is 2.10. The third-order valence-electron chi connectivity index (χ3n) is 2.10. The van der Waals surface area contributed by atoms with Crippen LogP contribution in [-0.2, 0) is 4.79 Å². The van der Waals surface area contributed by atoms with E-state index in [-0.39, 0.29) is 11.9 Å². The van der Waals surface area contributed by atoms with E-state index in [4.69, 9.17) is 5.73 Å². The smallest absolute Gasteiger partial charge is 0.234 e. The van der Waals surface area contributed by atoms with Crippen LogP contribution in [-0.4, -0.2) is 34.2 Å². The number of rotatable bonds is 8. The summed E-state index contributed by atoms with van der Waals surface area (Å²) in [6, 6.07) is -0.234. The first kappa shape index (κ1) is 13.1. The summed E-state index contributed by atoms with van der Waals surface area (Å²) in [5.74, 6) is 0.533. The van der Waals surface area contributed by atoms with E-state index < -0.39 is 0 Å². The van der Waals surface area contributed by atoms with Crippen LogP contribution < -0.4 is 11.1 Å². The lowest BCUT2D eigenvalue weighted by Gasteiger charge is -2.13. The van der Waals surface area contributed by atoms with Crippen LogP contribution in [0.2, 0.25) is 0 Å². The van der Waals surface area contributed by atoms with Crippen molar-refractivity contribution in [1.82, 2.24) is 15.3 Å². The standard InChI is InChI=1S/C10H18N4OS/c1-2-4-12-8(9(11)15)3-7-16-10-13-5-6-14-10/h5-6,8,12H,2-4,7H2,1H3,(H2,11,15)(H,13,14). The number of thioether (sulfide) groups is 1. The highest BCUT2D eigenvalue weighted by atomic mass is 32.2. The molecule has 0 aliphatic heterocycles. The predicted octanol–water partition coefficient (Wildman–Crippen LogP) is 0.745. The van der Waals surface area contributed by atoms with Gasteiger partial charge in [0.15, 0.2) is 5.16 Å². The second-order valence-corrected chi connectivity index (χ2v) is 4.52. The molecule has 1 rings (SSSR count). The monoisotopic (exact) mass is 242 g/mol. The highest BCUT2D eigenvalue weighted by Crippen LogP contribution is 2.13. The minimum atomic E-state index is -0.284. The molecule has 0 spiro atoms. The van der Waals surface area contributed by atoms with Gasteiger partial charge in [-0.2, -0.15) is 0 Å². The largest absolute Gasteiger partial charge is 0.368 e. The van der Waals surface area contributed by atoms with Crippen molar-refractivity contribution in [1.29, 1.82) is 0 Å². The third kappa shape index (κ3) is 4.67.